The highest BCUT2D eigenvalue weighted by atomic mass is 19.1. The highest BCUT2D eigenvalue weighted by Crippen LogP contribution is 2.23. The molecule has 0 N–H and O–H groups in total. The van der Waals surface area contributed by atoms with Gasteiger partial charge in [0.05, 0.1) is 11.7 Å². The van der Waals surface area contributed by atoms with Gasteiger partial charge in [0.15, 0.2) is 0 Å². The SMILES string of the molecule is CC(=O)CCn1ncc2ncc(-c3ccc(F)cc3)cc21. The number of aryl methyl sites for hydroxylation is 1. The number of benzene rings is 1. The number of carbonyl (C=O) groups is 1. The van der Waals surface area contributed by atoms with E-state index in [4.69, 9.17) is 0 Å². The molecule has 106 valence electrons. The van der Waals surface area contributed by atoms with Crippen LogP contribution in [-0.4, -0.2) is 20.5 Å². The van der Waals surface area contributed by atoms with Crippen LogP contribution in [0.4, 0.5) is 4.39 Å². The fourth-order valence-electron chi connectivity index (χ4n) is 2.20. The second kappa shape index (κ2) is 5.44. The number of halogens is 1. The molecule has 0 amide bonds. The molecule has 4 nitrogen and oxygen atoms in total. The molecule has 0 saturated heterocycles. The molecule has 5 heteroatoms. The summed E-state index contributed by atoms with van der Waals surface area (Å²) in [4.78, 5) is 15.5. The smallest absolute Gasteiger partial charge is 0.131 e. The number of nitrogens with zero attached hydrogens (tertiary/aromatic N) is 3. The Bertz CT molecular complexity index is 793. The Kier molecular flexibility index (Phi) is 3.48. The number of pyridine rings is 1. The number of aromatic nitrogens is 3. The third-order valence-electron chi connectivity index (χ3n) is 3.35. The molecule has 3 aromatic rings. The van der Waals surface area contributed by atoms with Crippen molar-refractivity contribution >= 4 is 16.8 Å². The molecule has 0 aliphatic rings. The van der Waals surface area contributed by atoms with Gasteiger partial charge in [0.1, 0.15) is 17.1 Å². The maximum atomic E-state index is 13.0. The van der Waals surface area contributed by atoms with Crippen LogP contribution in [0.3, 0.4) is 0 Å². The number of rotatable bonds is 4. The summed E-state index contributed by atoms with van der Waals surface area (Å²) < 4.78 is 14.8. The van der Waals surface area contributed by atoms with E-state index in [1.54, 1.807) is 36.1 Å². The van der Waals surface area contributed by atoms with Crippen molar-refractivity contribution in [2.45, 2.75) is 19.9 Å². The van der Waals surface area contributed by atoms with Crippen LogP contribution in [0, 0.1) is 5.82 Å². The Labute approximate surface area is 121 Å². The van der Waals surface area contributed by atoms with Crippen LogP contribution in [0.1, 0.15) is 13.3 Å². The minimum Gasteiger partial charge on any atom is -0.300 e. The maximum absolute atomic E-state index is 13.0. The topological polar surface area (TPSA) is 47.8 Å². The summed E-state index contributed by atoms with van der Waals surface area (Å²) in [5, 5.41) is 4.26. The summed E-state index contributed by atoms with van der Waals surface area (Å²) in [6.07, 6.45) is 3.87. The van der Waals surface area contributed by atoms with Gasteiger partial charge in [-0.1, -0.05) is 12.1 Å². The summed E-state index contributed by atoms with van der Waals surface area (Å²) in [6.45, 7) is 2.10. The Morgan fingerprint density at radius 2 is 1.95 bits per heavy atom. The van der Waals surface area contributed by atoms with Crippen molar-refractivity contribution in [1.82, 2.24) is 14.8 Å². The number of hydrogen-bond acceptors (Lipinski definition) is 3. The zero-order valence-corrected chi connectivity index (χ0v) is 11.6. The lowest BCUT2D eigenvalue weighted by molar-refractivity contribution is -0.117. The minimum atomic E-state index is -0.265. The molecule has 21 heavy (non-hydrogen) atoms. The molecule has 0 bridgehead atoms. The van der Waals surface area contributed by atoms with E-state index >= 15 is 0 Å². The van der Waals surface area contributed by atoms with Crippen LogP contribution in [0.5, 0.6) is 0 Å². The molecule has 0 saturated carbocycles. The second-order valence-corrected chi connectivity index (χ2v) is 4.95. The first-order valence-electron chi connectivity index (χ1n) is 6.70. The monoisotopic (exact) mass is 283 g/mol. The number of Topliss-reactive ketones (excluding diaryl/α,β-unsaturated/α-hetero) is 1. The van der Waals surface area contributed by atoms with Gasteiger partial charge in [-0.2, -0.15) is 5.10 Å². The first kappa shape index (κ1) is 13.4. The quantitative estimate of drug-likeness (QED) is 0.738. The van der Waals surface area contributed by atoms with Gasteiger partial charge in [-0.05, 0) is 30.7 Å². The van der Waals surface area contributed by atoms with Crippen molar-refractivity contribution in [2.75, 3.05) is 0 Å². The third kappa shape index (κ3) is 2.81. The molecule has 3 rings (SSSR count). The van der Waals surface area contributed by atoms with Gasteiger partial charge in [-0.15, -0.1) is 0 Å². The zero-order valence-electron chi connectivity index (χ0n) is 11.6. The number of ketones is 1. The van der Waals surface area contributed by atoms with E-state index in [1.807, 2.05) is 6.07 Å². The van der Waals surface area contributed by atoms with Crippen molar-refractivity contribution in [3.05, 3.63) is 48.5 Å². The Morgan fingerprint density at radius 1 is 1.19 bits per heavy atom. The normalized spacial score (nSPS) is 11.0. The molecule has 2 aromatic heterocycles. The van der Waals surface area contributed by atoms with Gasteiger partial charge in [-0.3, -0.25) is 14.5 Å². The lowest BCUT2D eigenvalue weighted by atomic mass is 10.1. The molecule has 0 unspecified atom stereocenters. The van der Waals surface area contributed by atoms with Crippen molar-refractivity contribution in [3.8, 4) is 11.1 Å². The molecule has 0 spiro atoms. The predicted molar refractivity (Wildman–Crippen MR) is 78.2 cm³/mol. The zero-order chi connectivity index (χ0) is 14.8. The Hall–Kier alpha value is -2.56. The molecule has 2 heterocycles. The van der Waals surface area contributed by atoms with Gasteiger partial charge in [0.25, 0.3) is 0 Å². The average molecular weight is 283 g/mol. The van der Waals surface area contributed by atoms with Gasteiger partial charge in [0, 0.05) is 24.7 Å². The molecule has 0 radical (unpaired) electrons. The second-order valence-electron chi connectivity index (χ2n) is 4.95. The standard InChI is InChI=1S/C16H14FN3O/c1-11(21)6-7-20-16-8-13(9-18-15(16)10-19-20)12-2-4-14(17)5-3-12/h2-5,8-10H,6-7H2,1H3. The van der Waals surface area contributed by atoms with Gasteiger partial charge in [-0.25, -0.2) is 4.39 Å². The molecule has 0 fully saturated rings. The first-order valence-corrected chi connectivity index (χ1v) is 6.70. The first-order chi connectivity index (χ1) is 10.1. The fourth-order valence-corrected chi connectivity index (χ4v) is 2.20. The summed E-state index contributed by atoms with van der Waals surface area (Å²) in [5.74, 6) is -0.138. The molecule has 1 aromatic carbocycles. The van der Waals surface area contributed by atoms with E-state index in [0.29, 0.717) is 13.0 Å². The van der Waals surface area contributed by atoms with E-state index in [0.717, 1.165) is 22.2 Å². The van der Waals surface area contributed by atoms with E-state index in [2.05, 4.69) is 10.1 Å². The maximum Gasteiger partial charge on any atom is 0.131 e. The van der Waals surface area contributed by atoms with Crippen molar-refractivity contribution in [1.29, 1.82) is 0 Å². The summed E-state index contributed by atoms with van der Waals surface area (Å²) in [6, 6.07) is 8.24. The number of hydrogen-bond donors (Lipinski definition) is 0. The lowest BCUT2D eigenvalue weighted by Crippen LogP contribution is -2.04. The lowest BCUT2D eigenvalue weighted by Gasteiger charge is -2.04. The van der Waals surface area contributed by atoms with Crippen LogP contribution in [0.15, 0.2) is 42.7 Å². The van der Waals surface area contributed by atoms with E-state index in [9.17, 15) is 9.18 Å². The predicted octanol–water partition coefficient (Wildman–Crippen LogP) is 3.22. The van der Waals surface area contributed by atoms with Crippen LogP contribution < -0.4 is 0 Å². The highest BCUT2D eigenvalue weighted by molar-refractivity contribution is 5.80. The van der Waals surface area contributed by atoms with Crippen molar-refractivity contribution in [3.63, 3.8) is 0 Å². The minimum absolute atomic E-state index is 0.126. The molecule has 0 aliphatic heterocycles. The van der Waals surface area contributed by atoms with Crippen LogP contribution in [-0.2, 0) is 11.3 Å². The molecular weight excluding hydrogens is 269 g/mol. The molecule has 0 aliphatic carbocycles. The summed E-state index contributed by atoms with van der Waals surface area (Å²) in [7, 11) is 0. The van der Waals surface area contributed by atoms with Crippen LogP contribution >= 0.6 is 0 Å². The van der Waals surface area contributed by atoms with Gasteiger partial charge < -0.3 is 0 Å². The number of carbonyl (C=O) groups excluding carboxylic acids is 1. The Balaban J connectivity index is 1.99. The van der Waals surface area contributed by atoms with Gasteiger partial charge >= 0.3 is 0 Å². The largest absolute Gasteiger partial charge is 0.300 e. The van der Waals surface area contributed by atoms with E-state index in [1.165, 1.54) is 12.1 Å². The van der Waals surface area contributed by atoms with Crippen molar-refractivity contribution in [2.24, 2.45) is 0 Å². The summed E-state index contributed by atoms with van der Waals surface area (Å²) in [5.41, 5.74) is 3.44. The van der Waals surface area contributed by atoms with Crippen LogP contribution in [0.2, 0.25) is 0 Å². The number of fused-ring (bicyclic) bond motifs is 1. The highest BCUT2D eigenvalue weighted by Gasteiger charge is 2.07. The fraction of sp³-hybridized carbons (Fsp3) is 0.188. The molecular formula is C16H14FN3O. The molecule has 0 atom stereocenters. The van der Waals surface area contributed by atoms with Gasteiger partial charge in [0.2, 0.25) is 0 Å². The van der Waals surface area contributed by atoms with E-state index in [-0.39, 0.29) is 11.6 Å². The third-order valence-corrected chi connectivity index (χ3v) is 3.35. The Morgan fingerprint density at radius 3 is 2.67 bits per heavy atom. The van der Waals surface area contributed by atoms with Crippen molar-refractivity contribution < 1.29 is 9.18 Å². The summed E-state index contributed by atoms with van der Waals surface area (Å²) >= 11 is 0. The van der Waals surface area contributed by atoms with Crippen LogP contribution in [0.25, 0.3) is 22.2 Å². The average Bonchev–Trinajstić information content (AvgIpc) is 2.88. The van der Waals surface area contributed by atoms with E-state index < -0.39 is 0 Å².